The smallest absolute Gasteiger partial charge is 0.231 e. The number of hydrogen-bond donors (Lipinski definition) is 2. The summed E-state index contributed by atoms with van der Waals surface area (Å²) in [6.07, 6.45) is 0.272. The molecule has 1 amide bonds. The fourth-order valence-electron chi connectivity index (χ4n) is 2.04. The molecule has 0 saturated carbocycles. The fourth-order valence-corrected chi connectivity index (χ4v) is 2.84. The second kappa shape index (κ2) is 6.41. The molecule has 0 spiro atoms. The van der Waals surface area contributed by atoms with Crippen molar-refractivity contribution in [3.63, 3.8) is 0 Å². The number of rotatable bonds is 4. The summed E-state index contributed by atoms with van der Waals surface area (Å²) in [5, 5.41) is 5.61. The van der Waals surface area contributed by atoms with Gasteiger partial charge in [-0.1, -0.05) is 30.3 Å². The largest absolute Gasteiger partial charge is 0.399 e. The summed E-state index contributed by atoms with van der Waals surface area (Å²) in [5.41, 5.74) is 9.06. The van der Waals surface area contributed by atoms with Crippen LogP contribution in [-0.2, 0) is 11.2 Å². The highest BCUT2D eigenvalue weighted by atomic mass is 32.1. The molecule has 5 heteroatoms. The van der Waals surface area contributed by atoms with Gasteiger partial charge in [0.1, 0.15) is 5.01 Å². The van der Waals surface area contributed by atoms with Crippen molar-refractivity contribution in [2.45, 2.75) is 6.42 Å². The topological polar surface area (TPSA) is 68.0 Å². The molecule has 3 N–H and O–H groups in total. The van der Waals surface area contributed by atoms with E-state index in [9.17, 15) is 4.79 Å². The van der Waals surface area contributed by atoms with Crippen LogP contribution in [0.25, 0.3) is 11.3 Å². The van der Waals surface area contributed by atoms with Gasteiger partial charge in [0.15, 0.2) is 0 Å². The van der Waals surface area contributed by atoms with Crippen molar-refractivity contribution in [1.82, 2.24) is 4.98 Å². The van der Waals surface area contributed by atoms with Crippen LogP contribution in [0.2, 0.25) is 0 Å². The lowest BCUT2D eigenvalue weighted by atomic mass is 10.1. The van der Waals surface area contributed by atoms with Crippen LogP contribution in [0.5, 0.6) is 0 Å². The van der Waals surface area contributed by atoms with E-state index in [-0.39, 0.29) is 12.3 Å². The zero-order valence-corrected chi connectivity index (χ0v) is 12.6. The number of hydrogen-bond acceptors (Lipinski definition) is 4. The van der Waals surface area contributed by atoms with Crippen LogP contribution in [-0.4, -0.2) is 10.9 Å². The van der Waals surface area contributed by atoms with E-state index in [2.05, 4.69) is 10.3 Å². The first-order valence-electron chi connectivity index (χ1n) is 6.86. The van der Waals surface area contributed by atoms with E-state index >= 15 is 0 Å². The summed E-state index contributed by atoms with van der Waals surface area (Å²) in [6.45, 7) is 0. The molecule has 2 aromatic carbocycles. The minimum Gasteiger partial charge on any atom is -0.399 e. The van der Waals surface area contributed by atoms with Crippen LogP contribution >= 0.6 is 11.3 Å². The van der Waals surface area contributed by atoms with Crippen molar-refractivity contribution in [3.05, 3.63) is 65.0 Å². The maximum atomic E-state index is 12.0. The SMILES string of the molecule is Nc1ccc(-c2csc(CC(=O)Nc3ccccc3)n2)cc1. The van der Waals surface area contributed by atoms with Crippen LogP contribution in [0, 0.1) is 0 Å². The number of nitrogens with zero attached hydrogens (tertiary/aromatic N) is 1. The lowest BCUT2D eigenvalue weighted by molar-refractivity contribution is -0.115. The molecule has 0 saturated heterocycles. The average Bonchev–Trinajstić information content (AvgIpc) is 2.97. The van der Waals surface area contributed by atoms with Gasteiger partial charge in [-0.3, -0.25) is 4.79 Å². The maximum absolute atomic E-state index is 12.0. The van der Waals surface area contributed by atoms with Gasteiger partial charge < -0.3 is 11.1 Å². The molecule has 0 aliphatic rings. The highest BCUT2D eigenvalue weighted by Gasteiger charge is 2.09. The third kappa shape index (κ3) is 3.51. The Labute approximate surface area is 132 Å². The van der Waals surface area contributed by atoms with Crippen LogP contribution in [0.3, 0.4) is 0 Å². The Morgan fingerprint density at radius 3 is 2.55 bits per heavy atom. The number of thiazole rings is 1. The first-order chi connectivity index (χ1) is 10.7. The van der Waals surface area contributed by atoms with E-state index in [0.717, 1.165) is 27.6 Å². The van der Waals surface area contributed by atoms with Gasteiger partial charge in [-0.2, -0.15) is 0 Å². The molecule has 0 atom stereocenters. The number of aromatic nitrogens is 1. The van der Waals surface area contributed by atoms with Gasteiger partial charge in [0.2, 0.25) is 5.91 Å². The van der Waals surface area contributed by atoms with Crippen molar-refractivity contribution in [1.29, 1.82) is 0 Å². The average molecular weight is 309 g/mol. The number of amides is 1. The standard InChI is InChI=1S/C17H15N3OS/c18-13-8-6-12(7-9-13)15-11-22-17(20-15)10-16(21)19-14-4-2-1-3-5-14/h1-9,11H,10,18H2,(H,19,21). The third-order valence-electron chi connectivity index (χ3n) is 3.13. The third-order valence-corrected chi connectivity index (χ3v) is 3.98. The summed E-state index contributed by atoms with van der Waals surface area (Å²) in [4.78, 5) is 16.5. The quantitative estimate of drug-likeness (QED) is 0.724. The summed E-state index contributed by atoms with van der Waals surface area (Å²) in [6, 6.07) is 17.0. The molecule has 3 rings (SSSR count). The molecule has 0 fully saturated rings. The normalized spacial score (nSPS) is 10.4. The molecule has 0 unspecified atom stereocenters. The number of nitrogens with one attached hydrogen (secondary N) is 1. The van der Waals surface area contributed by atoms with Gasteiger partial charge in [-0.15, -0.1) is 11.3 Å². The van der Waals surface area contributed by atoms with Crippen molar-refractivity contribution in [3.8, 4) is 11.3 Å². The zero-order chi connectivity index (χ0) is 15.4. The highest BCUT2D eigenvalue weighted by Crippen LogP contribution is 2.23. The Hall–Kier alpha value is -2.66. The number of anilines is 2. The molecule has 1 aromatic heterocycles. The Kier molecular flexibility index (Phi) is 4.16. The summed E-state index contributed by atoms with van der Waals surface area (Å²) < 4.78 is 0. The monoisotopic (exact) mass is 309 g/mol. The molecule has 3 aromatic rings. The Bertz CT molecular complexity index is 766. The van der Waals surface area contributed by atoms with Gasteiger partial charge in [-0.25, -0.2) is 4.98 Å². The summed E-state index contributed by atoms with van der Waals surface area (Å²) in [7, 11) is 0. The second-order valence-electron chi connectivity index (χ2n) is 4.84. The molecule has 0 radical (unpaired) electrons. The van der Waals surface area contributed by atoms with E-state index in [1.54, 1.807) is 0 Å². The zero-order valence-electron chi connectivity index (χ0n) is 11.8. The summed E-state index contributed by atoms with van der Waals surface area (Å²) >= 11 is 1.48. The van der Waals surface area contributed by atoms with Crippen LogP contribution < -0.4 is 11.1 Å². The lowest BCUT2D eigenvalue weighted by Gasteiger charge is -2.02. The molecule has 0 bridgehead atoms. The molecule has 4 nitrogen and oxygen atoms in total. The molecular formula is C17H15N3OS. The van der Waals surface area contributed by atoms with Gasteiger partial charge in [0.05, 0.1) is 12.1 Å². The minimum absolute atomic E-state index is 0.0654. The van der Waals surface area contributed by atoms with E-state index in [1.807, 2.05) is 60.0 Å². The molecule has 110 valence electrons. The van der Waals surface area contributed by atoms with Crippen LogP contribution in [0.1, 0.15) is 5.01 Å². The van der Waals surface area contributed by atoms with E-state index in [1.165, 1.54) is 11.3 Å². The van der Waals surface area contributed by atoms with Crippen molar-refractivity contribution >= 4 is 28.6 Å². The Morgan fingerprint density at radius 1 is 1.09 bits per heavy atom. The van der Waals surface area contributed by atoms with Gasteiger partial charge in [-0.05, 0) is 24.3 Å². The van der Waals surface area contributed by atoms with Crippen molar-refractivity contribution in [2.75, 3.05) is 11.1 Å². The van der Waals surface area contributed by atoms with Gasteiger partial charge in [0, 0.05) is 22.3 Å². The first kappa shape index (κ1) is 14.3. The van der Waals surface area contributed by atoms with E-state index in [0.29, 0.717) is 0 Å². The predicted octanol–water partition coefficient (Wildman–Crippen LogP) is 3.57. The Balaban J connectivity index is 1.66. The summed E-state index contributed by atoms with van der Waals surface area (Å²) in [5.74, 6) is -0.0654. The number of nitrogen functional groups attached to an aromatic ring is 1. The fraction of sp³-hybridized carbons (Fsp3) is 0.0588. The highest BCUT2D eigenvalue weighted by molar-refractivity contribution is 7.10. The van der Waals surface area contributed by atoms with Crippen LogP contribution in [0.4, 0.5) is 11.4 Å². The number of benzene rings is 2. The minimum atomic E-state index is -0.0654. The lowest BCUT2D eigenvalue weighted by Crippen LogP contribution is -2.14. The molecule has 0 aliphatic carbocycles. The van der Waals surface area contributed by atoms with Gasteiger partial charge >= 0.3 is 0 Å². The van der Waals surface area contributed by atoms with Crippen molar-refractivity contribution in [2.24, 2.45) is 0 Å². The molecule has 22 heavy (non-hydrogen) atoms. The number of carbonyl (C=O) groups excluding carboxylic acids is 1. The molecule has 0 aliphatic heterocycles. The number of para-hydroxylation sites is 1. The second-order valence-corrected chi connectivity index (χ2v) is 5.78. The number of carbonyl (C=O) groups is 1. The molecule has 1 heterocycles. The maximum Gasteiger partial charge on any atom is 0.231 e. The van der Waals surface area contributed by atoms with E-state index < -0.39 is 0 Å². The Morgan fingerprint density at radius 2 is 1.82 bits per heavy atom. The molecular weight excluding hydrogens is 294 g/mol. The van der Waals surface area contributed by atoms with Crippen molar-refractivity contribution < 1.29 is 4.79 Å². The van der Waals surface area contributed by atoms with Crippen LogP contribution in [0.15, 0.2) is 60.0 Å². The number of nitrogens with two attached hydrogens (primary N) is 1. The first-order valence-corrected chi connectivity index (χ1v) is 7.74. The predicted molar refractivity (Wildman–Crippen MR) is 90.7 cm³/mol. The van der Waals surface area contributed by atoms with Gasteiger partial charge in [0.25, 0.3) is 0 Å². The van der Waals surface area contributed by atoms with E-state index in [4.69, 9.17) is 5.73 Å².